The van der Waals surface area contributed by atoms with E-state index in [0.717, 1.165) is 44.2 Å². The molecule has 1 heterocycles. The van der Waals surface area contributed by atoms with Gasteiger partial charge in [0.05, 0.1) is 6.04 Å². The highest BCUT2D eigenvalue weighted by Crippen LogP contribution is 2.38. The highest BCUT2D eigenvalue weighted by Gasteiger charge is 2.28. The van der Waals surface area contributed by atoms with E-state index in [4.69, 9.17) is 0 Å². The topological polar surface area (TPSA) is 70.2 Å². The van der Waals surface area contributed by atoms with Gasteiger partial charge in [0.15, 0.2) is 0 Å². The summed E-state index contributed by atoms with van der Waals surface area (Å²) in [7, 11) is 0. The zero-order valence-corrected chi connectivity index (χ0v) is 27.6. The van der Waals surface area contributed by atoms with Gasteiger partial charge in [-0.1, -0.05) is 112 Å². The van der Waals surface area contributed by atoms with Crippen LogP contribution in [0.5, 0.6) is 0 Å². The Balaban J connectivity index is 0.000000270. The molecule has 1 fully saturated rings. The van der Waals surface area contributed by atoms with Crippen molar-refractivity contribution in [3.8, 4) is 0 Å². The summed E-state index contributed by atoms with van der Waals surface area (Å²) in [5.41, 5.74) is 4.74. The summed E-state index contributed by atoms with van der Waals surface area (Å²) in [6, 6.07) is 29.4. The zero-order chi connectivity index (χ0) is 32.0. The standard InChI is InChI=1S/C19H22N2O.C14H19NO.C4H8.C2H6/c22-14-20-12-6-10-17-13-16-9-4-5-11-18(16)21-19(17)15-7-2-1-3-8-15;1-11-7-5-6-10-13(11)15-14(16)12-8-3-2-4-9-12;1-3-4-2;1-2/h1-5,7-9,11,14,17,19,21H,6,10,12-13H2,(H,20,22);2-4,8-9,11,13H,5-7,10H2,1H3,(H,15,16);3-4H,1-2H3;1-2H3/b;;4-3-;/t17-,19-;11-,13+;;/m00../s1. The Labute approximate surface area is 266 Å². The molecule has 1 aliphatic carbocycles. The van der Waals surface area contributed by atoms with E-state index in [1.807, 2.05) is 70.2 Å². The molecule has 5 heteroatoms. The van der Waals surface area contributed by atoms with Crippen LogP contribution in [0, 0.1) is 11.8 Å². The number of para-hydroxylation sites is 1. The van der Waals surface area contributed by atoms with Gasteiger partial charge in [-0.15, -0.1) is 0 Å². The SMILES string of the molecule is C/C=C\C.CC.C[C@H]1CCCC[C@H]1NC(=O)c1ccccc1.O=CNCCC[C@H]1Cc2ccccc2N[C@H]1c1ccccc1. The minimum Gasteiger partial charge on any atom is -0.378 e. The molecule has 4 atom stereocenters. The predicted molar refractivity (Wildman–Crippen MR) is 187 cm³/mol. The van der Waals surface area contributed by atoms with Crippen molar-refractivity contribution in [2.75, 3.05) is 11.9 Å². The zero-order valence-electron chi connectivity index (χ0n) is 27.6. The lowest BCUT2D eigenvalue weighted by atomic mass is 9.81. The molecule has 5 rings (SSSR count). The molecular weight excluding hydrogens is 542 g/mol. The van der Waals surface area contributed by atoms with Gasteiger partial charge in [-0.25, -0.2) is 0 Å². The van der Waals surface area contributed by atoms with Crippen LogP contribution in [0.1, 0.15) is 101 Å². The quantitative estimate of drug-likeness (QED) is 0.138. The summed E-state index contributed by atoms with van der Waals surface area (Å²) in [6.07, 6.45) is 12.9. The molecule has 2 aliphatic rings. The maximum absolute atomic E-state index is 11.9. The fraction of sp³-hybridized carbons (Fsp3) is 0.436. The molecule has 1 aliphatic heterocycles. The van der Waals surface area contributed by atoms with Crippen molar-refractivity contribution in [1.82, 2.24) is 10.6 Å². The van der Waals surface area contributed by atoms with Gasteiger partial charge in [0.1, 0.15) is 0 Å². The van der Waals surface area contributed by atoms with Gasteiger partial charge in [0, 0.05) is 23.8 Å². The fourth-order valence-corrected chi connectivity index (χ4v) is 5.71. The molecule has 0 bridgehead atoms. The Kier molecular flexibility index (Phi) is 18.0. The van der Waals surface area contributed by atoms with Crippen molar-refractivity contribution in [3.05, 3.63) is 114 Å². The lowest BCUT2D eigenvalue weighted by molar-refractivity contribution is -0.109. The van der Waals surface area contributed by atoms with Crippen molar-refractivity contribution < 1.29 is 9.59 Å². The lowest BCUT2D eigenvalue weighted by Gasteiger charge is -2.35. The minimum absolute atomic E-state index is 0.0688. The van der Waals surface area contributed by atoms with Gasteiger partial charge in [-0.2, -0.15) is 0 Å². The van der Waals surface area contributed by atoms with Crippen LogP contribution in [0.15, 0.2) is 97.1 Å². The number of allylic oxidation sites excluding steroid dienone is 2. The number of anilines is 1. The van der Waals surface area contributed by atoms with E-state index in [2.05, 4.69) is 77.5 Å². The predicted octanol–water partition coefficient (Wildman–Crippen LogP) is 9.14. The Bertz CT molecular complexity index is 1210. The van der Waals surface area contributed by atoms with Crippen molar-refractivity contribution in [3.63, 3.8) is 0 Å². The molecule has 0 saturated heterocycles. The Morgan fingerprint density at radius 2 is 1.48 bits per heavy atom. The van der Waals surface area contributed by atoms with Gasteiger partial charge in [-0.05, 0) is 87.1 Å². The van der Waals surface area contributed by atoms with Crippen molar-refractivity contribution in [1.29, 1.82) is 0 Å². The lowest BCUT2D eigenvalue weighted by Crippen LogP contribution is -2.41. The van der Waals surface area contributed by atoms with E-state index < -0.39 is 0 Å². The van der Waals surface area contributed by atoms with E-state index in [1.165, 1.54) is 36.1 Å². The highest BCUT2D eigenvalue weighted by atomic mass is 16.1. The van der Waals surface area contributed by atoms with Crippen LogP contribution < -0.4 is 16.0 Å². The maximum atomic E-state index is 11.9. The number of rotatable bonds is 8. The fourth-order valence-electron chi connectivity index (χ4n) is 5.71. The summed E-state index contributed by atoms with van der Waals surface area (Å²) in [5.74, 6) is 1.23. The first-order valence-corrected chi connectivity index (χ1v) is 16.6. The third-order valence-corrected chi connectivity index (χ3v) is 8.22. The summed E-state index contributed by atoms with van der Waals surface area (Å²) in [5, 5.41) is 9.62. The van der Waals surface area contributed by atoms with Crippen LogP contribution in [0.4, 0.5) is 5.69 Å². The minimum atomic E-state index is 0.0688. The first-order valence-electron chi connectivity index (χ1n) is 16.6. The number of benzene rings is 3. The van der Waals surface area contributed by atoms with Crippen LogP contribution in [-0.4, -0.2) is 24.9 Å². The molecule has 3 aromatic carbocycles. The molecule has 3 N–H and O–H groups in total. The average Bonchev–Trinajstić information content (AvgIpc) is 3.09. The third-order valence-electron chi connectivity index (χ3n) is 8.22. The summed E-state index contributed by atoms with van der Waals surface area (Å²) < 4.78 is 0. The van der Waals surface area contributed by atoms with E-state index in [-0.39, 0.29) is 5.91 Å². The molecule has 5 nitrogen and oxygen atoms in total. The molecule has 3 aromatic rings. The number of hydrogen-bond acceptors (Lipinski definition) is 3. The van der Waals surface area contributed by atoms with Crippen LogP contribution in [0.25, 0.3) is 0 Å². The van der Waals surface area contributed by atoms with E-state index in [9.17, 15) is 9.59 Å². The molecule has 0 unspecified atom stereocenters. The Hall–Kier alpha value is -3.86. The van der Waals surface area contributed by atoms with Crippen LogP contribution in [-0.2, 0) is 11.2 Å². The second kappa shape index (κ2) is 21.8. The van der Waals surface area contributed by atoms with Gasteiger partial charge in [0.2, 0.25) is 6.41 Å². The molecule has 44 heavy (non-hydrogen) atoms. The molecule has 1 saturated carbocycles. The van der Waals surface area contributed by atoms with Gasteiger partial charge in [-0.3, -0.25) is 9.59 Å². The van der Waals surface area contributed by atoms with Crippen LogP contribution >= 0.6 is 0 Å². The smallest absolute Gasteiger partial charge is 0.251 e. The van der Waals surface area contributed by atoms with Crippen LogP contribution in [0.3, 0.4) is 0 Å². The number of carbonyl (C=O) groups is 2. The van der Waals surface area contributed by atoms with Gasteiger partial charge >= 0.3 is 0 Å². The number of amides is 2. The molecular formula is C39H55N3O2. The molecule has 2 amide bonds. The van der Waals surface area contributed by atoms with Crippen molar-refractivity contribution >= 4 is 18.0 Å². The van der Waals surface area contributed by atoms with E-state index in [1.54, 1.807) is 0 Å². The first-order chi connectivity index (χ1) is 21.6. The van der Waals surface area contributed by atoms with Crippen molar-refractivity contribution in [2.45, 2.75) is 91.6 Å². The Morgan fingerprint density at radius 3 is 2.11 bits per heavy atom. The third kappa shape index (κ3) is 12.4. The van der Waals surface area contributed by atoms with E-state index >= 15 is 0 Å². The molecule has 0 spiro atoms. The first kappa shape index (κ1) is 36.3. The molecule has 238 valence electrons. The maximum Gasteiger partial charge on any atom is 0.251 e. The second-order valence-electron chi connectivity index (χ2n) is 11.2. The second-order valence-corrected chi connectivity index (χ2v) is 11.2. The molecule has 0 radical (unpaired) electrons. The normalized spacial score (nSPS) is 20.0. The summed E-state index contributed by atoms with van der Waals surface area (Å²) in [4.78, 5) is 22.3. The summed E-state index contributed by atoms with van der Waals surface area (Å²) >= 11 is 0. The molecule has 0 aromatic heterocycles. The number of carbonyl (C=O) groups excluding carboxylic acids is 2. The Morgan fingerprint density at radius 1 is 0.864 bits per heavy atom. The summed E-state index contributed by atoms with van der Waals surface area (Å²) in [6.45, 7) is 11.0. The average molecular weight is 598 g/mol. The number of fused-ring (bicyclic) bond motifs is 1. The van der Waals surface area contributed by atoms with Crippen LogP contribution in [0.2, 0.25) is 0 Å². The van der Waals surface area contributed by atoms with Gasteiger partial charge < -0.3 is 16.0 Å². The van der Waals surface area contributed by atoms with E-state index in [0.29, 0.717) is 23.9 Å². The monoisotopic (exact) mass is 597 g/mol. The highest BCUT2D eigenvalue weighted by molar-refractivity contribution is 5.94. The van der Waals surface area contributed by atoms with Crippen molar-refractivity contribution in [2.24, 2.45) is 11.8 Å². The largest absolute Gasteiger partial charge is 0.378 e. The number of hydrogen-bond donors (Lipinski definition) is 3. The van der Waals surface area contributed by atoms with Gasteiger partial charge in [0.25, 0.3) is 5.91 Å². The number of nitrogens with one attached hydrogen (secondary N) is 3.